The van der Waals surface area contributed by atoms with E-state index in [1.807, 2.05) is 38.1 Å². The molecule has 1 aromatic heterocycles. The molecule has 5 nitrogen and oxygen atoms in total. The molecule has 2 heterocycles. The van der Waals surface area contributed by atoms with Crippen molar-refractivity contribution >= 4 is 0 Å². The second-order valence-corrected chi connectivity index (χ2v) is 5.16. The smallest absolute Gasteiger partial charge is 0.243 e. The molecule has 1 aliphatic rings. The molecular weight excluding hydrogens is 242 g/mol. The third kappa shape index (κ3) is 2.10. The van der Waals surface area contributed by atoms with Crippen molar-refractivity contribution < 1.29 is 9.26 Å². The first-order valence-corrected chi connectivity index (χ1v) is 6.47. The van der Waals surface area contributed by atoms with Gasteiger partial charge in [0.25, 0.3) is 0 Å². The van der Waals surface area contributed by atoms with Crippen molar-refractivity contribution in [2.75, 3.05) is 6.61 Å². The highest BCUT2D eigenvalue weighted by Gasteiger charge is 2.30. The van der Waals surface area contributed by atoms with Crippen molar-refractivity contribution in [2.45, 2.75) is 25.8 Å². The Bertz CT molecular complexity index is 580. The maximum atomic E-state index is 6.02. The number of nitrogens with zero attached hydrogens (tertiary/aromatic N) is 2. The molecule has 0 spiro atoms. The van der Waals surface area contributed by atoms with E-state index in [2.05, 4.69) is 10.1 Å². The van der Waals surface area contributed by atoms with Gasteiger partial charge in [-0.05, 0) is 12.0 Å². The number of benzene rings is 1. The van der Waals surface area contributed by atoms with E-state index >= 15 is 0 Å². The van der Waals surface area contributed by atoms with Gasteiger partial charge in [-0.2, -0.15) is 4.98 Å². The Morgan fingerprint density at radius 2 is 2.11 bits per heavy atom. The van der Waals surface area contributed by atoms with Crippen LogP contribution in [0.25, 0.3) is 0 Å². The summed E-state index contributed by atoms with van der Waals surface area (Å²) in [5.41, 5.74) is 7.12. The Kier molecular flexibility index (Phi) is 2.98. The number of para-hydroxylation sites is 1. The first-order valence-electron chi connectivity index (χ1n) is 6.47. The number of hydrogen-bond acceptors (Lipinski definition) is 5. The molecule has 0 fully saturated rings. The minimum atomic E-state index is -0.223. The molecular formula is C14H17N3O2. The van der Waals surface area contributed by atoms with E-state index in [1.54, 1.807) is 0 Å². The van der Waals surface area contributed by atoms with Crippen LogP contribution in [0.5, 0.6) is 5.75 Å². The van der Waals surface area contributed by atoms with Crippen molar-refractivity contribution in [1.29, 1.82) is 0 Å². The average molecular weight is 259 g/mol. The number of hydrogen-bond donors (Lipinski definition) is 1. The van der Waals surface area contributed by atoms with Crippen molar-refractivity contribution in [3.05, 3.63) is 41.5 Å². The van der Waals surface area contributed by atoms with Gasteiger partial charge in [-0.1, -0.05) is 37.2 Å². The molecule has 0 saturated heterocycles. The molecule has 0 radical (unpaired) electrons. The van der Waals surface area contributed by atoms with Crippen LogP contribution in [-0.4, -0.2) is 16.7 Å². The fourth-order valence-corrected chi connectivity index (χ4v) is 2.19. The van der Waals surface area contributed by atoms with Crippen molar-refractivity contribution in [3.8, 4) is 5.75 Å². The largest absolute Gasteiger partial charge is 0.492 e. The summed E-state index contributed by atoms with van der Waals surface area (Å²) in [6.45, 7) is 4.61. The maximum Gasteiger partial charge on any atom is 0.243 e. The number of fused-ring (bicyclic) bond motifs is 1. The molecule has 2 N–H and O–H groups in total. The predicted molar refractivity (Wildman–Crippen MR) is 69.8 cm³/mol. The Morgan fingerprint density at radius 3 is 2.89 bits per heavy atom. The van der Waals surface area contributed by atoms with E-state index in [4.69, 9.17) is 15.0 Å². The molecule has 5 heteroatoms. The van der Waals surface area contributed by atoms with Crippen LogP contribution in [0.2, 0.25) is 0 Å². The van der Waals surface area contributed by atoms with Gasteiger partial charge in [-0.15, -0.1) is 0 Å². The summed E-state index contributed by atoms with van der Waals surface area (Å²) in [7, 11) is 0. The van der Waals surface area contributed by atoms with Gasteiger partial charge < -0.3 is 15.0 Å². The van der Waals surface area contributed by atoms with Crippen molar-refractivity contribution in [3.63, 3.8) is 0 Å². The molecule has 0 saturated carbocycles. The van der Waals surface area contributed by atoms with Crippen LogP contribution < -0.4 is 10.5 Å². The third-order valence-electron chi connectivity index (χ3n) is 3.47. The summed E-state index contributed by atoms with van der Waals surface area (Å²) >= 11 is 0. The van der Waals surface area contributed by atoms with E-state index in [-0.39, 0.29) is 17.9 Å². The van der Waals surface area contributed by atoms with E-state index in [0.717, 1.165) is 11.3 Å². The summed E-state index contributed by atoms with van der Waals surface area (Å²) in [5.74, 6) is 2.34. The Morgan fingerprint density at radius 1 is 1.32 bits per heavy atom. The minimum absolute atomic E-state index is 0.0352. The van der Waals surface area contributed by atoms with Gasteiger partial charge >= 0.3 is 0 Å². The Hall–Kier alpha value is -1.88. The highest BCUT2D eigenvalue weighted by Crippen LogP contribution is 2.36. The second kappa shape index (κ2) is 4.66. The van der Waals surface area contributed by atoms with Crippen molar-refractivity contribution in [1.82, 2.24) is 10.1 Å². The molecule has 100 valence electrons. The lowest BCUT2D eigenvalue weighted by Crippen LogP contribution is -2.17. The molecule has 1 unspecified atom stereocenters. The summed E-state index contributed by atoms with van der Waals surface area (Å²) in [6, 6.07) is 7.71. The monoisotopic (exact) mass is 259 g/mol. The summed E-state index contributed by atoms with van der Waals surface area (Å²) in [5, 5.41) is 4.05. The van der Waals surface area contributed by atoms with Gasteiger partial charge in [0.05, 0.1) is 12.0 Å². The zero-order chi connectivity index (χ0) is 13.4. The van der Waals surface area contributed by atoms with Gasteiger partial charge in [0.1, 0.15) is 12.4 Å². The van der Waals surface area contributed by atoms with Crippen LogP contribution in [0.3, 0.4) is 0 Å². The number of rotatable bonds is 3. The third-order valence-corrected chi connectivity index (χ3v) is 3.47. The van der Waals surface area contributed by atoms with E-state index in [0.29, 0.717) is 18.3 Å². The van der Waals surface area contributed by atoms with Crippen LogP contribution >= 0.6 is 0 Å². The summed E-state index contributed by atoms with van der Waals surface area (Å²) < 4.78 is 10.9. The Balaban J connectivity index is 1.89. The normalized spacial score (nSPS) is 19.3. The highest BCUT2D eigenvalue weighted by molar-refractivity contribution is 5.42. The molecule has 2 aromatic rings. The van der Waals surface area contributed by atoms with E-state index in [1.165, 1.54) is 0 Å². The van der Waals surface area contributed by atoms with Gasteiger partial charge in [0, 0.05) is 5.56 Å². The number of aromatic nitrogens is 2. The molecule has 19 heavy (non-hydrogen) atoms. The molecule has 0 aliphatic carbocycles. The first-order chi connectivity index (χ1) is 9.16. The lowest BCUT2D eigenvalue weighted by molar-refractivity contribution is 0.315. The molecule has 0 bridgehead atoms. The molecule has 2 atom stereocenters. The fraction of sp³-hybridized carbons (Fsp3) is 0.429. The maximum absolute atomic E-state index is 6.02. The van der Waals surface area contributed by atoms with Gasteiger partial charge in [-0.25, -0.2) is 0 Å². The summed E-state index contributed by atoms with van der Waals surface area (Å²) in [4.78, 5) is 4.43. The van der Waals surface area contributed by atoms with Crippen molar-refractivity contribution in [2.24, 2.45) is 11.7 Å². The lowest BCUT2D eigenvalue weighted by atomic mass is 10.0. The second-order valence-electron chi connectivity index (χ2n) is 5.16. The van der Waals surface area contributed by atoms with Crippen LogP contribution in [-0.2, 0) is 0 Å². The van der Waals surface area contributed by atoms with Gasteiger partial charge in [-0.3, -0.25) is 0 Å². The standard InChI is InChI=1S/C14H17N3O2/c1-8(2)12(15)14-16-13(17-19-14)10-7-18-11-6-4-3-5-9(10)11/h3-6,8,10,12H,7,15H2,1-2H3/t10?,12-/m0/s1. The van der Waals surface area contributed by atoms with Gasteiger partial charge in [0.15, 0.2) is 5.82 Å². The van der Waals surface area contributed by atoms with Crippen LogP contribution in [0.1, 0.15) is 43.1 Å². The average Bonchev–Trinajstić information content (AvgIpc) is 3.03. The highest BCUT2D eigenvalue weighted by atomic mass is 16.5. The molecule has 3 rings (SSSR count). The summed E-state index contributed by atoms with van der Waals surface area (Å²) in [6.07, 6.45) is 0. The van der Waals surface area contributed by atoms with E-state index in [9.17, 15) is 0 Å². The topological polar surface area (TPSA) is 74.2 Å². The molecule has 0 amide bonds. The zero-order valence-corrected chi connectivity index (χ0v) is 11.0. The van der Waals surface area contributed by atoms with Crippen LogP contribution in [0.15, 0.2) is 28.8 Å². The molecule has 1 aromatic carbocycles. The Labute approximate surface area is 111 Å². The lowest BCUT2D eigenvalue weighted by Gasteiger charge is -2.09. The van der Waals surface area contributed by atoms with Gasteiger partial charge in [0.2, 0.25) is 5.89 Å². The van der Waals surface area contributed by atoms with E-state index < -0.39 is 0 Å². The van der Waals surface area contributed by atoms with Crippen LogP contribution in [0.4, 0.5) is 0 Å². The van der Waals surface area contributed by atoms with Crippen LogP contribution in [0, 0.1) is 5.92 Å². The minimum Gasteiger partial charge on any atom is -0.492 e. The zero-order valence-electron chi connectivity index (χ0n) is 11.0. The molecule has 1 aliphatic heterocycles. The first kappa shape index (κ1) is 12.2. The quantitative estimate of drug-likeness (QED) is 0.915. The predicted octanol–water partition coefficient (Wildman–Crippen LogP) is 2.25. The number of ether oxygens (including phenoxy) is 1. The fourth-order valence-electron chi connectivity index (χ4n) is 2.19. The SMILES string of the molecule is CC(C)[C@H](N)c1nc(C2COc3ccccc32)no1. The number of nitrogens with two attached hydrogens (primary N) is 1.